The molecule has 3 aromatic rings. The van der Waals surface area contributed by atoms with Crippen molar-refractivity contribution in [3.05, 3.63) is 46.8 Å². The first kappa shape index (κ1) is 20.1. The van der Waals surface area contributed by atoms with E-state index in [1.807, 2.05) is 54.1 Å². The fourth-order valence-electron chi connectivity index (χ4n) is 2.72. The minimum Gasteiger partial charge on any atom is -0.370 e. The smallest absolute Gasteiger partial charge is 0.234 e. The molecule has 7 nitrogen and oxygen atoms in total. The van der Waals surface area contributed by atoms with E-state index in [4.69, 9.17) is 5.73 Å². The lowest BCUT2D eigenvalue weighted by Gasteiger charge is -2.11. The van der Waals surface area contributed by atoms with Crippen LogP contribution in [0.3, 0.4) is 0 Å². The molecule has 0 aliphatic rings. The van der Waals surface area contributed by atoms with Gasteiger partial charge in [-0.25, -0.2) is 0 Å². The SMILES string of the molecule is Cc1cccc(C)c1NC(=O)CSc1nnc(-c2cccs2)n1CCC(N)=O. The molecule has 0 aliphatic heterocycles. The van der Waals surface area contributed by atoms with Crippen molar-refractivity contribution in [3.8, 4) is 10.7 Å². The molecule has 0 aliphatic carbocycles. The highest BCUT2D eigenvalue weighted by molar-refractivity contribution is 7.99. The van der Waals surface area contributed by atoms with Gasteiger partial charge in [-0.1, -0.05) is 36.0 Å². The maximum absolute atomic E-state index is 12.4. The Morgan fingerprint density at radius 3 is 2.57 bits per heavy atom. The molecule has 3 rings (SSSR count). The summed E-state index contributed by atoms with van der Waals surface area (Å²) in [5.41, 5.74) is 8.17. The lowest BCUT2D eigenvalue weighted by atomic mass is 10.1. The number of amides is 2. The minimum absolute atomic E-state index is 0.121. The molecule has 0 bridgehead atoms. The van der Waals surface area contributed by atoms with Crippen molar-refractivity contribution < 1.29 is 9.59 Å². The number of hydrogen-bond acceptors (Lipinski definition) is 6. The number of nitrogens with one attached hydrogen (secondary N) is 1. The van der Waals surface area contributed by atoms with E-state index in [2.05, 4.69) is 15.5 Å². The quantitative estimate of drug-likeness (QED) is 0.550. The molecule has 9 heteroatoms. The zero-order valence-corrected chi connectivity index (χ0v) is 17.3. The molecule has 0 saturated heterocycles. The van der Waals surface area contributed by atoms with E-state index in [0.717, 1.165) is 21.7 Å². The number of primary amides is 1. The molecule has 0 fully saturated rings. The van der Waals surface area contributed by atoms with E-state index in [1.54, 1.807) is 0 Å². The molecule has 2 amide bonds. The maximum Gasteiger partial charge on any atom is 0.234 e. The van der Waals surface area contributed by atoms with Crippen LogP contribution in [0.15, 0.2) is 40.9 Å². The van der Waals surface area contributed by atoms with E-state index in [-0.39, 0.29) is 18.1 Å². The zero-order chi connectivity index (χ0) is 20.1. The molecule has 2 heterocycles. The number of hydrogen-bond donors (Lipinski definition) is 2. The highest BCUT2D eigenvalue weighted by Crippen LogP contribution is 2.28. The number of aromatic nitrogens is 3. The van der Waals surface area contributed by atoms with Crippen molar-refractivity contribution in [2.75, 3.05) is 11.1 Å². The third kappa shape index (κ3) is 4.79. The molecule has 0 radical (unpaired) electrons. The summed E-state index contributed by atoms with van der Waals surface area (Å²) in [6.07, 6.45) is 0.179. The molecule has 146 valence electrons. The number of aryl methyl sites for hydroxylation is 2. The minimum atomic E-state index is -0.394. The van der Waals surface area contributed by atoms with Crippen LogP contribution in [-0.4, -0.2) is 32.3 Å². The van der Waals surface area contributed by atoms with Gasteiger partial charge in [-0.05, 0) is 36.4 Å². The number of benzene rings is 1. The van der Waals surface area contributed by atoms with Crippen LogP contribution in [0.1, 0.15) is 17.5 Å². The number of carbonyl (C=O) groups excluding carboxylic acids is 2. The van der Waals surface area contributed by atoms with E-state index in [1.165, 1.54) is 23.1 Å². The number of carbonyl (C=O) groups is 2. The first-order chi connectivity index (χ1) is 13.5. The molecule has 2 aromatic heterocycles. The fourth-order valence-corrected chi connectivity index (χ4v) is 4.21. The summed E-state index contributed by atoms with van der Waals surface area (Å²) >= 11 is 2.82. The van der Waals surface area contributed by atoms with Gasteiger partial charge in [0, 0.05) is 18.7 Å². The zero-order valence-electron chi connectivity index (χ0n) is 15.6. The largest absolute Gasteiger partial charge is 0.370 e. The molecule has 0 spiro atoms. The predicted octanol–water partition coefficient (Wildman–Crippen LogP) is 3.23. The second kappa shape index (κ2) is 9.03. The lowest BCUT2D eigenvalue weighted by molar-refractivity contribution is -0.118. The van der Waals surface area contributed by atoms with E-state index < -0.39 is 5.91 Å². The number of thiophene rings is 1. The van der Waals surface area contributed by atoms with Gasteiger partial charge in [0.15, 0.2) is 11.0 Å². The molecule has 0 atom stereocenters. The summed E-state index contributed by atoms with van der Waals surface area (Å²) in [6.45, 7) is 4.30. The van der Waals surface area contributed by atoms with Crippen LogP contribution in [0.5, 0.6) is 0 Å². The van der Waals surface area contributed by atoms with Gasteiger partial charge in [0.1, 0.15) is 0 Å². The van der Waals surface area contributed by atoms with Crippen LogP contribution in [0, 0.1) is 13.8 Å². The Hall–Kier alpha value is -2.65. The average Bonchev–Trinajstić information content (AvgIpc) is 3.30. The maximum atomic E-state index is 12.4. The standard InChI is InChI=1S/C19H21N5O2S2/c1-12-5-3-6-13(2)17(12)21-16(26)11-28-19-23-22-18(14-7-4-10-27-14)24(19)9-8-15(20)25/h3-7,10H,8-9,11H2,1-2H3,(H2,20,25)(H,21,26). The molecule has 0 unspecified atom stereocenters. The number of rotatable bonds is 8. The van der Waals surface area contributed by atoms with Crippen molar-refractivity contribution in [2.45, 2.75) is 32.0 Å². The topological polar surface area (TPSA) is 103 Å². The highest BCUT2D eigenvalue weighted by atomic mass is 32.2. The number of nitrogens with zero attached hydrogens (tertiary/aromatic N) is 3. The van der Waals surface area contributed by atoms with Crippen LogP contribution >= 0.6 is 23.1 Å². The van der Waals surface area contributed by atoms with Crippen LogP contribution in [0.25, 0.3) is 10.7 Å². The van der Waals surface area contributed by atoms with E-state index in [0.29, 0.717) is 17.5 Å². The Morgan fingerprint density at radius 2 is 1.93 bits per heavy atom. The van der Waals surface area contributed by atoms with Crippen molar-refractivity contribution in [1.82, 2.24) is 14.8 Å². The average molecular weight is 416 g/mol. The normalized spacial score (nSPS) is 10.8. The number of para-hydroxylation sites is 1. The van der Waals surface area contributed by atoms with Gasteiger partial charge in [0.25, 0.3) is 0 Å². The first-order valence-corrected chi connectivity index (χ1v) is 10.6. The summed E-state index contributed by atoms with van der Waals surface area (Å²) in [4.78, 5) is 24.6. The van der Waals surface area contributed by atoms with Crippen LogP contribution in [0.2, 0.25) is 0 Å². The number of nitrogens with two attached hydrogens (primary N) is 1. The summed E-state index contributed by atoms with van der Waals surface area (Å²) < 4.78 is 1.84. The summed E-state index contributed by atoms with van der Waals surface area (Å²) in [5.74, 6) is 0.348. The Morgan fingerprint density at radius 1 is 1.18 bits per heavy atom. The van der Waals surface area contributed by atoms with Crippen molar-refractivity contribution in [2.24, 2.45) is 5.73 Å². The van der Waals surface area contributed by atoms with Crippen molar-refractivity contribution in [1.29, 1.82) is 0 Å². The molecular weight excluding hydrogens is 394 g/mol. The molecule has 1 aromatic carbocycles. The summed E-state index contributed by atoms with van der Waals surface area (Å²) in [7, 11) is 0. The van der Waals surface area contributed by atoms with Crippen LogP contribution in [-0.2, 0) is 16.1 Å². The molecule has 3 N–H and O–H groups in total. The van der Waals surface area contributed by atoms with Gasteiger partial charge in [-0.2, -0.15) is 0 Å². The van der Waals surface area contributed by atoms with Gasteiger partial charge in [0.2, 0.25) is 11.8 Å². The number of anilines is 1. The molecule has 0 saturated carbocycles. The van der Waals surface area contributed by atoms with Gasteiger partial charge < -0.3 is 15.6 Å². The first-order valence-electron chi connectivity index (χ1n) is 8.70. The van der Waals surface area contributed by atoms with E-state index in [9.17, 15) is 9.59 Å². The monoisotopic (exact) mass is 415 g/mol. The Kier molecular flexibility index (Phi) is 6.48. The van der Waals surface area contributed by atoms with Crippen LogP contribution < -0.4 is 11.1 Å². The Bertz CT molecular complexity index is 962. The Balaban J connectivity index is 1.73. The van der Waals surface area contributed by atoms with Gasteiger partial charge >= 0.3 is 0 Å². The fraction of sp³-hybridized carbons (Fsp3) is 0.263. The van der Waals surface area contributed by atoms with Crippen LogP contribution in [0.4, 0.5) is 5.69 Å². The highest BCUT2D eigenvalue weighted by Gasteiger charge is 2.17. The molecule has 28 heavy (non-hydrogen) atoms. The van der Waals surface area contributed by atoms with Gasteiger partial charge in [-0.15, -0.1) is 21.5 Å². The van der Waals surface area contributed by atoms with Crippen molar-refractivity contribution >= 4 is 40.6 Å². The second-order valence-electron chi connectivity index (χ2n) is 6.26. The van der Waals surface area contributed by atoms with Crippen molar-refractivity contribution in [3.63, 3.8) is 0 Å². The Labute approximate surface area is 171 Å². The molecular formula is C19H21N5O2S2. The van der Waals surface area contributed by atoms with Gasteiger partial charge in [0.05, 0.1) is 10.6 Å². The lowest BCUT2D eigenvalue weighted by Crippen LogP contribution is -2.17. The third-order valence-electron chi connectivity index (χ3n) is 4.12. The summed E-state index contributed by atoms with van der Waals surface area (Å²) in [5, 5.41) is 14.0. The second-order valence-corrected chi connectivity index (χ2v) is 8.15. The van der Waals surface area contributed by atoms with E-state index >= 15 is 0 Å². The third-order valence-corrected chi connectivity index (χ3v) is 5.95. The predicted molar refractivity (Wildman–Crippen MR) is 112 cm³/mol. The number of thioether (sulfide) groups is 1. The summed E-state index contributed by atoms with van der Waals surface area (Å²) in [6, 6.07) is 9.75. The van der Waals surface area contributed by atoms with Gasteiger partial charge in [-0.3, -0.25) is 9.59 Å².